The third kappa shape index (κ3) is 3.98. The molecule has 1 aliphatic heterocycles. The highest BCUT2D eigenvalue weighted by Crippen LogP contribution is 2.42. The number of hydrogen-bond acceptors (Lipinski definition) is 4. The van der Waals surface area contributed by atoms with Crippen molar-refractivity contribution in [1.29, 1.82) is 0 Å². The summed E-state index contributed by atoms with van der Waals surface area (Å²) in [7, 11) is 0. The summed E-state index contributed by atoms with van der Waals surface area (Å²) in [5.41, 5.74) is 2.25. The minimum atomic E-state index is -0.931. The fourth-order valence-corrected chi connectivity index (χ4v) is 3.74. The van der Waals surface area contributed by atoms with E-state index in [4.69, 9.17) is 4.74 Å². The van der Waals surface area contributed by atoms with Gasteiger partial charge in [0.1, 0.15) is 17.8 Å². The van der Waals surface area contributed by atoms with E-state index >= 15 is 0 Å². The summed E-state index contributed by atoms with van der Waals surface area (Å²) in [4.78, 5) is 12.1. The summed E-state index contributed by atoms with van der Waals surface area (Å²) in [5, 5.41) is 20.4. The lowest BCUT2D eigenvalue weighted by atomic mass is 9.72. The van der Waals surface area contributed by atoms with Gasteiger partial charge in [0, 0.05) is 18.4 Å². The smallest absolute Gasteiger partial charge is 0.331 e. The van der Waals surface area contributed by atoms with Crippen molar-refractivity contribution in [2.75, 3.05) is 0 Å². The average Bonchev–Trinajstić information content (AvgIpc) is 2.50. The van der Waals surface area contributed by atoms with E-state index in [0.717, 1.165) is 24.0 Å². The van der Waals surface area contributed by atoms with Gasteiger partial charge in [-0.1, -0.05) is 37.1 Å². The van der Waals surface area contributed by atoms with Crippen molar-refractivity contribution >= 4 is 5.97 Å². The van der Waals surface area contributed by atoms with Crippen LogP contribution in [-0.4, -0.2) is 34.0 Å². The summed E-state index contributed by atoms with van der Waals surface area (Å²) in [6.45, 7) is 9.96. The van der Waals surface area contributed by atoms with Crippen molar-refractivity contribution in [1.82, 2.24) is 0 Å². The molecule has 134 valence electrons. The SMILES string of the molecule is C/C1=C\[C@H](O)[C@H](O)/C(C)=C/C[C@@]2(C)OC(=O)C=C(C(C)C)[C@@H]2CC1. The Labute approximate surface area is 144 Å². The maximum absolute atomic E-state index is 12.1. The van der Waals surface area contributed by atoms with Gasteiger partial charge in [0.25, 0.3) is 0 Å². The van der Waals surface area contributed by atoms with Gasteiger partial charge in [0.15, 0.2) is 0 Å². The summed E-state index contributed by atoms with van der Waals surface area (Å²) in [6, 6.07) is 0. The summed E-state index contributed by atoms with van der Waals surface area (Å²) in [5.74, 6) is 0.124. The molecule has 2 N–H and O–H groups in total. The van der Waals surface area contributed by atoms with Gasteiger partial charge in [-0.05, 0) is 45.1 Å². The van der Waals surface area contributed by atoms with Crippen LogP contribution >= 0.6 is 0 Å². The number of esters is 1. The second-order valence-corrected chi connectivity index (χ2v) is 7.72. The van der Waals surface area contributed by atoms with Crippen LogP contribution in [-0.2, 0) is 9.53 Å². The van der Waals surface area contributed by atoms with Gasteiger partial charge in [-0.25, -0.2) is 4.79 Å². The molecule has 4 nitrogen and oxygen atoms in total. The fourth-order valence-electron chi connectivity index (χ4n) is 3.74. The molecular formula is C20H30O4. The van der Waals surface area contributed by atoms with Gasteiger partial charge in [0.2, 0.25) is 0 Å². The van der Waals surface area contributed by atoms with Crippen molar-refractivity contribution in [2.45, 2.75) is 71.7 Å². The number of fused-ring (bicyclic) bond motifs is 1. The van der Waals surface area contributed by atoms with E-state index in [1.807, 2.05) is 19.9 Å². The molecule has 2 rings (SSSR count). The predicted molar refractivity (Wildman–Crippen MR) is 94.3 cm³/mol. The average molecular weight is 334 g/mol. The summed E-state index contributed by atoms with van der Waals surface area (Å²) in [6.07, 6.45) is 5.62. The highest BCUT2D eigenvalue weighted by Gasteiger charge is 2.43. The van der Waals surface area contributed by atoms with Crippen LogP contribution in [0.5, 0.6) is 0 Å². The normalized spacial score (nSPS) is 39.6. The van der Waals surface area contributed by atoms with Gasteiger partial charge in [-0.3, -0.25) is 0 Å². The Morgan fingerprint density at radius 2 is 1.96 bits per heavy atom. The molecule has 1 heterocycles. The molecule has 0 saturated carbocycles. The molecular weight excluding hydrogens is 304 g/mol. The van der Waals surface area contributed by atoms with Crippen LogP contribution in [0.3, 0.4) is 0 Å². The van der Waals surface area contributed by atoms with Gasteiger partial charge < -0.3 is 14.9 Å². The van der Waals surface area contributed by atoms with Gasteiger partial charge in [0.05, 0.1) is 0 Å². The van der Waals surface area contributed by atoms with E-state index in [1.165, 1.54) is 0 Å². The van der Waals surface area contributed by atoms with Crippen LogP contribution in [0.25, 0.3) is 0 Å². The minimum absolute atomic E-state index is 0.134. The molecule has 0 aromatic carbocycles. The first-order chi connectivity index (χ1) is 11.1. The maximum Gasteiger partial charge on any atom is 0.331 e. The molecule has 1 aliphatic carbocycles. The van der Waals surface area contributed by atoms with Crippen molar-refractivity contribution in [3.63, 3.8) is 0 Å². The number of allylic oxidation sites excluding steroid dienone is 1. The topological polar surface area (TPSA) is 66.8 Å². The summed E-state index contributed by atoms with van der Waals surface area (Å²) < 4.78 is 5.75. The molecule has 0 aromatic heterocycles. The molecule has 0 spiro atoms. The number of carbonyl (C=O) groups excluding carboxylic acids is 1. The second kappa shape index (κ2) is 7.24. The van der Waals surface area contributed by atoms with Crippen LogP contribution in [0.1, 0.15) is 53.9 Å². The van der Waals surface area contributed by atoms with Crippen molar-refractivity contribution in [3.05, 3.63) is 34.9 Å². The molecule has 4 atom stereocenters. The summed E-state index contributed by atoms with van der Waals surface area (Å²) >= 11 is 0. The molecule has 0 amide bonds. The zero-order chi connectivity index (χ0) is 18.1. The number of rotatable bonds is 1. The van der Waals surface area contributed by atoms with E-state index < -0.39 is 17.8 Å². The first-order valence-electron chi connectivity index (χ1n) is 8.78. The van der Waals surface area contributed by atoms with E-state index in [2.05, 4.69) is 13.8 Å². The van der Waals surface area contributed by atoms with Crippen LogP contribution in [0, 0.1) is 11.8 Å². The Bertz CT molecular complexity index is 584. The van der Waals surface area contributed by atoms with Crippen molar-refractivity contribution in [3.8, 4) is 0 Å². The number of aliphatic hydroxyl groups excluding tert-OH is 2. The third-order valence-corrected chi connectivity index (χ3v) is 5.33. The Hall–Kier alpha value is -1.39. The van der Waals surface area contributed by atoms with Crippen LogP contribution in [0.2, 0.25) is 0 Å². The number of hydrogen-bond donors (Lipinski definition) is 2. The number of aliphatic hydroxyl groups is 2. The Morgan fingerprint density at radius 1 is 1.29 bits per heavy atom. The first-order valence-corrected chi connectivity index (χ1v) is 8.78. The van der Waals surface area contributed by atoms with Gasteiger partial charge in [-0.15, -0.1) is 0 Å². The lowest BCUT2D eigenvalue weighted by Crippen LogP contribution is -2.44. The highest BCUT2D eigenvalue weighted by atomic mass is 16.6. The third-order valence-electron chi connectivity index (χ3n) is 5.33. The molecule has 0 saturated heterocycles. The van der Waals surface area contributed by atoms with E-state index in [9.17, 15) is 15.0 Å². The van der Waals surface area contributed by atoms with E-state index in [1.54, 1.807) is 19.1 Å². The van der Waals surface area contributed by atoms with E-state index in [0.29, 0.717) is 12.0 Å². The number of ether oxygens (including phenoxy) is 1. The quantitative estimate of drug-likeness (QED) is 0.570. The van der Waals surface area contributed by atoms with E-state index in [-0.39, 0.29) is 17.8 Å². The minimum Gasteiger partial charge on any atom is -0.455 e. The highest BCUT2D eigenvalue weighted by molar-refractivity contribution is 5.84. The maximum atomic E-state index is 12.1. The van der Waals surface area contributed by atoms with Crippen molar-refractivity contribution in [2.24, 2.45) is 11.8 Å². The predicted octanol–water partition coefficient (Wildman–Crippen LogP) is 3.30. The Balaban J connectivity index is 2.46. The monoisotopic (exact) mass is 334 g/mol. The Morgan fingerprint density at radius 3 is 2.58 bits per heavy atom. The lowest BCUT2D eigenvalue weighted by molar-refractivity contribution is -0.159. The standard InChI is InChI=1S/C20H30O4/c1-12(2)15-11-18(22)24-20(5)9-8-14(4)19(23)17(21)10-13(3)6-7-16(15)20/h8,10-12,16-17,19,21,23H,6-7,9H2,1-5H3/b13-10+,14-8+/t16-,17-,19+,20+/m0/s1. The zero-order valence-corrected chi connectivity index (χ0v) is 15.4. The zero-order valence-electron chi connectivity index (χ0n) is 15.4. The van der Waals surface area contributed by atoms with Crippen molar-refractivity contribution < 1.29 is 19.7 Å². The molecule has 0 unspecified atom stereocenters. The second-order valence-electron chi connectivity index (χ2n) is 7.72. The molecule has 4 heteroatoms. The largest absolute Gasteiger partial charge is 0.455 e. The molecule has 0 bridgehead atoms. The molecule has 2 aliphatic rings. The van der Waals surface area contributed by atoms with Gasteiger partial charge in [-0.2, -0.15) is 0 Å². The molecule has 0 radical (unpaired) electrons. The lowest BCUT2D eigenvalue weighted by Gasteiger charge is -2.42. The molecule has 0 fully saturated rings. The van der Waals surface area contributed by atoms with Crippen LogP contribution in [0.4, 0.5) is 0 Å². The number of carbonyl (C=O) groups is 1. The van der Waals surface area contributed by atoms with Crippen LogP contribution in [0.15, 0.2) is 34.9 Å². The first kappa shape index (κ1) is 18.9. The molecule has 0 aromatic rings. The Kier molecular flexibility index (Phi) is 5.71. The fraction of sp³-hybridized carbons (Fsp3) is 0.650. The molecule has 24 heavy (non-hydrogen) atoms. The van der Waals surface area contributed by atoms with Crippen LogP contribution < -0.4 is 0 Å². The van der Waals surface area contributed by atoms with Gasteiger partial charge >= 0.3 is 5.97 Å².